The zero-order chi connectivity index (χ0) is 21.3. The summed E-state index contributed by atoms with van der Waals surface area (Å²) < 4.78 is 6.75. The van der Waals surface area contributed by atoms with E-state index >= 15 is 0 Å². The summed E-state index contributed by atoms with van der Waals surface area (Å²) in [5, 5.41) is 3.27. The second kappa shape index (κ2) is 7.83. The van der Waals surface area contributed by atoms with Gasteiger partial charge in [0.1, 0.15) is 11.6 Å². The molecule has 0 aliphatic carbocycles. The van der Waals surface area contributed by atoms with Crippen molar-refractivity contribution in [3.05, 3.63) is 94.0 Å². The van der Waals surface area contributed by atoms with Crippen LogP contribution in [0.25, 0.3) is 16.6 Å². The summed E-state index contributed by atoms with van der Waals surface area (Å²) in [6.07, 6.45) is 0. The Balaban J connectivity index is 1.73. The molecule has 30 heavy (non-hydrogen) atoms. The van der Waals surface area contributed by atoms with Crippen LogP contribution in [0, 0.1) is 13.8 Å². The van der Waals surface area contributed by atoms with E-state index in [0.717, 1.165) is 11.3 Å². The van der Waals surface area contributed by atoms with Gasteiger partial charge >= 0.3 is 0 Å². The number of aryl methyl sites for hydroxylation is 2. The third-order valence-corrected chi connectivity index (χ3v) is 4.92. The Morgan fingerprint density at radius 3 is 2.50 bits per heavy atom. The maximum absolute atomic E-state index is 13.2. The Morgan fingerprint density at radius 2 is 1.77 bits per heavy atom. The summed E-state index contributed by atoms with van der Waals surface area (Å²) in [6, 6.07) is 19.7. The Morgan fingerprint density at radius 1 is 1.00 bits per heavy atom. The lowest BCUT2D eigenvalue weighted by Gasteiger charge is -2.12. The number of benzene rings is 3. The summed E-state index contributed by atoms with van der Waals surface area (Å²) in [7, 11) is 1.55. The minimum Gasteiger partial charge on any atom is -0.497 e. The molecule has 0 bridgehead atoms. The fourth-order valence-electron chi connectivity index (χ4n) is 3.34. The van der Waals surface area contributed by atoms with E-state index in [9.17, 15) is 9.59 Å². The van der Waals surface area contributed by atoms with Crippen LogP contribution in [0.3, 0.4) is 0 Å². The van der Waals surface area contributed by atoms with Crippen molar-refractivity contribution in [3.8, 4) is 11.4 Å². The number of nitrogens with zero attached hydrogens (tertiary/aromatic N) is 2. The van der Waals surface area contributed by atoms with E-state index < -0.39 is 0 Å². The minimum atomic E-state index is -0.285. The van der Waals surface area contributed by atoms with Gasteiger partial charge in [-0.05, 0) is 62.4 Å². The van der Waals surface area contributed by atoms with Gasteiger partial charge in [0, 0.05) is 11.3 Å². The van der Waals surface area contributed by atoms with Crippen LogP contribution in [0.15, 0.2) is 71.5 Å². The van der Waals surface area contributed by atoms with Crippen LogP contribution in [0.4, 0.5) is 5.69 Å². The standard InChI is InChI=1S/C24H21N3O3/c1-15-7-10-19(11-8-15)27-16(2)25-22-12-9-18(14-21(22)24(27)29)26-23(28)17-5-4-6-20(13-17)30-3/h4-14H,1-3H3,(H,26,28). The fourth-order valence-corrected chi connectivity index (χ4v) is 3.34. The molecule has 0 radical (unpaired) electrons. The van der Waals surface area contributed by atoms with Crippen LogP contribution < -0.4 is 15.6 Å². The summed E-state index contributed by atoms with van der Waals surface area (Å²) >= 11 is 0. The van der Waals surface area contributed by atoms with Gasteiger partial charge in [-0.1, -0.05) is 23.8 Å². The number of hydrogen-bond acceptors (Lipinski definition) is 4. The molecule has 0 aliphatic heterocycles. The number of fused-ring (bicyclic) bond motifs is 1. The molecular formula is C24H21N3O3. The predicted octanol–water partition coefficient (Wildman–Crippen LogP) is 4.26. The van der Waals surface area contributed by atoms with Crippen LogP contribution in [0.2, 0.25) is 0 Å². The van der Waals surface area contributed by atoms with E-state index in [1.807, 2.05) is 31.2 Å². The summed E-state index contributed by atoms with van der Waals surface area (Å²) in [4.78, 5) is 30.4. The predicted molar refractivity (Wildman–Crippen MR) is 118 cm³/mol. The van der Waals surface area contributed by atoms with E-state index in [2.05, 4.69) is 10.3 Å². The number of aromatic nitrogens is 2. The van der Waals surface area contributed by atoms with Crippen LogP contribution in [0.5, 0.6) is 5.75 Å². The summed E-state index contributed by atoms with van der Waals surface area (Å²) in [5.41, 5.74) is 3.25. The number of carbonyl (C=O) groups excluding carboxylic acids is 1. The van der Waals surface area contributed by atoms with Crippen molar-refractivity contribution in [2.75, 3.05) is 12.4 Å². The average molecular weight is 399 g/mol. The van der Waals surface area contributed by atoms with Gasteiger partial charge in [-0.2, -0.15) is 0 Å². The highest BCUT2D eigenvalue weighted by Crippen LogP contribution is 2.19. The maximum Gasteiger partial charge on any atom is 0.266 e. The van der Waals surface area contributed by atoms with Crippen LogP contribution in [0.1, 0.15) is 21.7 Å². The first-order valence-electron chi connectivity index (χ1n) is 9.52. The van der Waals surface area contributed by atoms with Gasteiger partial charge in [0.25, 0.3) is 11.5 Å². The molecule has 0 saturated carbocycles. The van der Waals surface area contributed by atoms with Crippen molar-refractivity contribution in [1.29, 1.82) is 0 Å². The van der Waals surface area contributed by atoms with Crippen molar-refractivity contribution >= 4 is 22.5 Å². The molecule has 6 nitrogen and oxygen atoms in total. The molecule has 6 heteroatoms. The Labute approximate surface area is 173 Å². The normalized spacial score (nSPS) is 10.8. The molecule has 0 unspecified atom stereocenters. The second-order valence-electron chi connectivity index (χ2n) is 7.05. The first-order valence-corrected chi connectivity index (χ1v) is 9.52. The van der Waals surface area contributed by atoms with E-state index in [0.29, 0.717) is 33.7 Å². The molecular weight excluding hydrogens is 378 g/mol. The number of anilines is 1. The van der Waals surface area contributed by atoms with Gasteiger partial charge in [0.15, 0.2) is 0 Å². The van der Waals surface area contributed by atoms with Gasteiger partial charge < -0.3 is 10.1 Å². The SMILES string of the molecule is COc1cccc(C(=O)Nc2ccc3nc(C)n(-c4ccc(C)cc4)c(=O)c3c2)c1. The molecule has 150 valence electrons. The van der Waals surface area contributed by atoms with Crippen molar-refractivity contribution in [2.24, 2.45) is 0 Å². The number of methoxy groups -OCH3 is 1. The molecule has 0 spiro atoms. The van der Waals surface area contributed by atoms with Crippen molar-refractivity contribution in [1.82, 2.24) is 9.55 Å². The van der Waals surface area contributed by atoms with Crippen molar-refractivity contribution in [3.63, 3.8) is 0 Å². The number of carbonyl (C=O) groups is 1. The molecule has 0 saturated heterocycles. The van der Waals surface area contributed by atoms with E-state index in [4.69, 9.17) is 4.74 Å². The van der Waals surface area contributed by atoms with E-state index in [1.165, 1.54) is 0 Å². The highest BCUT2D eigenvalue weighted by molar-refractivity contribution is 6.05. The largest absolute Gasteiger partial charge is 0.497 e. The van der Waals surface area contributed by atoms with E-state index in [1.54, 1.807) is 61.1 Å². The number of rotatable bonds is 4. The highest BCUT2D eigenvalue weighted by atomic mass is 16.5. The van der Waals surface area contributed by atoms with Crippen LogP contribution in [-0.2, 0) is 0 Å². The van der Waals surface area contributed by atoms with Gasteiger partial charge in [0.2, 0.25) is 0 Å². The third-order valence-electron chi connectivity index (χ3n) is 4.92. The quantitative estimate of drug-likeness (QED) is 0.556. The lowest BCUT2D eigenvalue weighted by molar-refractivity contribution is 0.102. The van der Waals surface area contributed by atoms with Crippen LogP contribution >= 0.6 is 0 Å². The average Bonchev–Trinajstić information content (AvgIpc) is 2.75. The topological polar surface area (TPSA) is 73.2 Å². The Kier molecular flexibility index (Phi) is 5.06. The van der Waals surface area contributed by atoms with Crippen LogP contribution in [-0.4, -0.2) is 22.6 Å². The number of nitrogens with one attached hydrogen (secondary N) is 1. The lowest BCUT2D eigenvalue weighted by Crippen LogP contribution is -2.22. The van der Waals surface area contributed by atoms with E-state index in [-0.39, 0.29) is 11.5 Å². The summed E-state index contributed by atoms with van der Waals surface area (Å²) in [5.74, 6) is 0.915. The molecule has 0 fully saturated rings. The van der Waals surface area contributed by atoms with Gasteiger partial charge in [-0.15, -0.1) is 0 Å². The monoisotopic (exact) mass is 399 g/mol. The van der Waals surface area contributed by atoms with Gasteiger partial charge in [-0.3, -0.25) is 14.2 Å². The molecule has 0 aliphatic rings. The fraction of sp³-hybridized carbons (Fsp3) is 0.125. The molecule has 4 rings (SSSR count). The van der Waals surface area contributed by atoms with Gasteiger partial charge in [-0.25, -0.2) is 4.98 Å². The maximum atomic E-state index is 13.2. The first kappa shape index (κ1) is 19.4. The lowest BCUT2D eigenvalue weighted by atomic mass is 10.1. The Bertz CT molecular complexity index is 1310. The van der Waals surface area contributed by atoms with Crippen molar-refractivity contribution in [2.45, 2.75) is 13.8 Å². The second-order valence-corrected chi connectivity index (χ2v) is 7.05. The minimum absolute atomic E-state index is 0.182. The smallest absolute Gasteiger partial charge is 0.266 e. The Hall–Kier alpha value is -3.93. The number of ether oxygens (including phenoxy) is 1. The summed E-state index contributed by atoms with van der Waals surface area (Å²) in [6.45, 7) is 3.80. The third kappa shape index (κ3) is 3.67. The molecule has 1 heterocycles. The highest BCUT2D eigenvalue weighted by Gasteiger charge is 2.12. The van der Waals surface area contributed by atoms with Crippen molar-refractivity contribution < 1.29 is 9.53 Å². The molecule has 3 aromatic carbocycles. The first-order chi connectivity index (χ1) is 14.5. The molecule has 1 aromatic heterocycles. The van der Waals surface area contributed by atoms with Gasteiger partial charge in [0.05, 0.1) is 23.7 Å². The molecule has 1 amide bonds. The molecule has 0 atom stereocenters. The zero-order valence-corrected chi connectivity index (χ0v) is 17.0. The number of amides is 1. The zero-order valence-electron chi connectivity index (χ0n) is 17.0. The number of hydrogen-bond donors (Lipinski definition) is 1. The molecule has 4 aromatic rings. The molecule has 1 N–H and O–H groups in total.